The number of rotatable bonds is 3. The molecule has 0 fully saturated rings. The van der Waals surface area contributed by atoms with Gasteiger partial charge in [0.15, 0.2) is 0 Å². The van der Waals surface area contributed by atoms with Crippen molar-refractivity contribution in [2.24, 2.45) is 0 Å². The Morgan fingerprint density at radius 3 is 1.69 bits per heavy atom. The molecule has 0 aliphatic heterocycles. The number of ether oxygens (including phenoxy) is 1. The van der Waals surface area contributed by atoms with Gasteiger partial charge in [-0.25, -0.2) is 13.6 Å². The standard InChI is InChI=1S/C8H10F6O2/c1-6(2,3)16-5(15)8(13,14)7(11,12)4(9)10/h4H,1-3H3. The minimum Gasteiger partial charge on any atom is -0.455 e. The van der Waals surface area contributed by atoms with Crippen molar-refractivity contribution in [2.75, 3.05) is 0 Å². The lowest BCUT2D eigenvalue weighted by Gasteiger charge is -2.27. The van der Waals surface area contributed by atoms with Crippen LogP contribution in [0.2, 0.25) is 0 Å². The van der Waals surface area contributed by atoms with Gasteiger partial charge in [0, 0.05) is 0 Å². The van der Waals surface area contributed by atoms with Gasteiger partial charge in [0.05, 0.1) is 0 Å². The lowest BCUT2D eigenvalue weighted by Crippen LogP contribution is -2.53. The molecular weight excluding hydrogens is 242 g/mol. The summed E-state index contributed by atoms with van der Waals surface area (Å²) in [6.07, 6.45) is -4.66. The largest absolute Gasteiger partial charge is 0.455 e. The van der Waals surface area contributed by atoms with Gasteiger partial charge in [0.1, 0.15) is 5.60 Å². The van der Waals surface area contributed by atoms with Crippen molar-refractivity contribution >= 4 is 5.97 Å². The first-order valence-electron chi connectivity index (χ1n) is 4.09. The first-order valence-corrected chi connectivity index (χ1v) is 4.09. The SMILES string of the molecule is CC(C)(C)OC(=O)C(F)(F)C(F)(F)C(F)F. The number of alkyl halides is 6. The lowest BCUT2D eigenvalue weighted by molar-refractivity contribution is -0.270. The zero-order valence-corrected chi connectivity index (χ0v) is 8.66. The molecule has 0 spiro atoms. The Bertz CT molecular complexity index is 268. The fraction of sp³-hybridized carbons (Fsp3) is 0.875. The highest BCUT2D eigenvalue weighted by Crippen LogP contribution is 2.40. The summed E-state index contributed by atoms with van der Waals surface area (Å²) < 4.78 is 77.3. The summed E-state index contributed by atoms with van der Waals surface area (Å²) in [5.74, 6) is -14.0. The Morgan fingerprint density at radius 1 is 1.06 bits per heavy atom. The van der Waals surface area contributed by atoms with Crippen molar-refractivity contribution in [2.45, 2.75) is 44.6 Å². The van der Waals surface area contributed by atoms with E-state index in [2.05, 4.69) is 4.74 Å². The zero-order chi connectivity index (χ0) is 13.4. The highest BCUT2D eigenvalue weighted by molar-refractivity contribution is 5.79. The quantitative estimate of drug-likeness (QED) is 0.570. The molecule has 0 unspecified atom stereocenters. The van der Waals surface area contributed by atoms with Crippen LogP contribution in [0.15, 0.2) is 0 Å². The van der Waals surface area contributed by atoms with E-state index in [1.807, 2.05) is 0 Å². The average Bonchev–Trinajstić information content (AvgIpc) is 1.99. The minimum absolute atomic E-state index is 1.14. The molecule has 16 heavy (non-hydrogen) atoms. The van der Waals surface area contributed by atoms with Crippen molar-refractivity contribution in [3.8, 4) is 0 Å². The molecule has 0 amide bonds. The van der Waals surface area contributed by atoms with E-state index >= 15 is 0 Å². The molecule has 0 heterocycles. The first-order chi connectivity index (χ1) is 6.82. The van der Waals surface area contributed by atoms with E-state index in [0.29, 0.717) is 0 Å². The molecule has 0 atom stereocenters. The van der Waals surface area contributed by atoms with E-state index in [4.69, 9.17) is 0 Å². The Labute approximate surface area is 87.6 Å². The van der Waals surface area contributed by atoms with E-state index in [1.165, 1.54) is 0 Å². The van der Waals surface area contributed by atoms with Gasteiger partial charge in [-0.3, -0.25) is 0 Å². The van der Waals surface area contributed by atoms with E-state index in [9.17, 15) is 31.1 Å². The Balaban J connectivity index is 5.00. The van der Waals surface area contributed by atoms with Gasteiger partial charge in [0.2, 0.25) is 0 Å². The second-order valence-electron chi connectivity index (χ2n) is 4.00. The number of carbonyl (C=O) groups is 1. The van der Waals surface area contributed by atoms with Gasteiger partial charge < -0.3 is 4.74 Å². The monoisotopic (exact) mass is 252 g/mol. The number of hydrogen-bond acceptors (Lipinski definition) is 2. The summed E-state index contributed by atoms with van der Waals surface area (Å²) in [5, 5.41) is 0. The zero-order valence-electron chi connectivity index (χ0n) is 8.66. The average molecular weight is 252 g/mol. The molecule has 0 aliphatic carbocycles. The van der Waals surface area contributed by atoms with Crippen molar-refractivity contribution in [3.63, 3.8) is 0 Å². The molecule has 96 valence electrons. The smallest absolute Gasteiger partial charge is 0.410 e. The molecular formula is C8H10F6O2. The highest BCUT2D eigenvalue weighted by atomic mass is 19.3. The summed E-state index contributed by atoms with van der Waals surface area (Å²) in [7, 11) is 0. The molecule has 0 saturated heterocycles. The van der Waals surface area contributed by atoms with Crippen LogP contribution in [0.5, 0.6) is 0 Å². The number of carbonyl (C=O) groups excluding carboxylic acids is 1. The molecule has 0 saturated carbocycles. The van der Waals surface area contributed by atoms with Gasteiger partial charge in [-0.05, 0) is 20.8 Å². The number of hydrogen-bond donors (Lipinski definition) is 0. The molecule has 0 aliphatic rings. The van der Waals surface area contributed by atoms with Crippen molar-refractivity contribution < 1.29 is 35.9 Å². The third-order valence-electron chi connectivity index (χ3n) is 1.35. The molecule has 2 nitrogen and oxygen atoms in total. The van der Waals surface area contributed by atoms with Crippen molar-refractivity contribution in [1.82, 2.24) is 0 Å². The number of esters is 1. The van der Waals surface area contributed by atoms with E-state index in [0.717, 1.165) is 20.8 Å². The highest BCUT2D eigenvalue weighted by Gasteiger charge is 2.69. The van der Waals surface area contributed by atoms with Crippen molar-refractivity contribution in [1.29, 1.82) is 0 Å². The molecule has 0 aromatic carbocycles. The van der Waals surface area contributed by atoms with E-state index < -0.39 is 29.8 Å². The van der Waals surface area contributed by atoms with Crippen LogP contribution in [0.3, 0.4) is 0 Å². The Kier molecular flexibility index (Phi) is 3.89. The summed E-state index contributed by atoms with van der Waals surface area (Å²) in [6, 6.07) is 0. The van der Waals surface area contributed by atoms with E-state index in [1.54, 1.807) is 0 Å². The lowest BCUT2D eigenvalue weighted by atomic mass is 10.1. The maximum absolute atomic E-state index is 12.7. The Hall–Kier alpha value is -0.950. The molecule has 0 radical (unpaired) electrons. The summed E-state index contributed by atoms with van der Waals surface area (Å²) >= 11 is 0. The molecule has 0 N–H and O–H groups in total. The van der Waals surface area contributed by atoms with Crippen LogP contribution in [-0.4, -0.2) is 29.8 Å². The molecule has 0 bridgehead atoms. The van der Waals surface area contributed by atoms with Crippen LogP contribution >= 0.6 is 0 Å². The van der Waals surface area contributed by atoms with Crippen LogP contribution in [0.25, 0.3) is 0 Å². The second-order valence-corrected chi connectivity index (χ2v) is 4.00. The van der Waals surface area contributed by atoms with Gasteiger partial charge in [-0.15, -0.1) is 0 Å². The summed E-state index contributed by atoms with van der Waals surface area (Å²) in [4.78, 5) is 10.6. The maximum atomic E-state index is 12.7. The normalized spacial score (nSPS) is 14.1. The summed E-state index contributed by atoms with van der Waals surface area (Å²) in [5.41, 5.74) is -1.47. The molecule has 0 aromatic heterocycles. The summed E-state index contributed by atoms with van der Waals surface area (Å²) in [6.45, 7) is 3.42. The fourth-order valence-electron chi connectivity index (χ4n) is 0.615. The predicted octanol–water partition coefficient (Wildman–Crippen LogP) is 2.86. The van der Waals surface area contributed by atoms with Gasteiger partial charge in [0.25, 0.3) is 0 Å². The van der Waals surface area contributed by atoms with Crippen LogP contribution in [0.1, 0.15) is 20.8 Å². The van der Waals surface area contributed by atoms with Gasteiger partial charge in [-0.2, -0.15) is 17.6 Å². The van der Waals surface area contributed by atoms with Gasteiger partial charge in [-0.1, -0.05) is 0 Å². The third kappa shape index (κ3) is 3.02. The van der Waals surface area contributed by atoms with Crippen LogP contribution < -0.4 is 0 Å². The first kappa shape index (κ1) is 15.0. The fourth-order valence-corrected chi connectivity index (χ4v) is 0.615. The number of halogens is 6. The minimum atomic E-state index is -5.75. The molecule has 0 rings (SSSR count). The van der Waals surface area contributed by atoms with Crippen LogP contribution in [-0.2, 0) is 9.53 Å². The van der Waals surface area contributed by atoms with Crippen LogP contribution in [0.4, 0.5) is 26.3 Å². The Morgan fingerprint density at radius 2 is 1.44 bits per heavy atom. The molecule has 0 aromatic rings. The van der Waals surface area contributed by atoms with Gasteiger partial charge >= 0.3 is 24.2 Å². The van der Waals surface area contributed by atoms with Crippen LogP contribution in [0, 0.1) is 0 Å². The second kappa shape index (κ2) is 4.14. The topological polar surface area (TPSA) is 26.3 Å². The molecule has 8 heteroatoms. The third-order valence-corrected chi connectivity index (χ3v) is 1.35. The maximum Gasteiger partial charge on any atom is 0.410 e. The van der Waals surface area contributed by atoms with Crippen molar-refractivity contribution in [3.05, 3.63) is 0 Å². The van der Waals surface area contributed by atoms with E-state index in [-0.39, 0.29) is 0 Å². The predicted molar refractivity (Wildman–Crippen MR) is 41.7 cm³/mol.